The van der Waals surface area contributed by atoms with Crippen molar-refractivity contribution in [3.8, 4) is 11.1 Å². The smallest absolute Gasteiger partial charge is 0.0481 e. The number of aliphatic hydroxyl groups is 2. The van der Waals surface area contributed by atoms with E-state index in [1.165, 1.54) is 79.2 Å². The molecular formula is C31H46O2. The molecule has 0 heterocycles. The standard InChI is InChI=1S/C31H46O2/c1-3-5-6-8-24-11-14-28(15-12-24)29-16-18-30(19-17-29)31-20-13-25(21-27(31)4-2)9-7-10-26(22-32)23-33/h13,16-21,24,26,28,32-33H,3-12,14-15,22-23H2,1-2H3/t24-,28-. The Morgan fingerprint density at radius 1 is 0.848 bits per heavy atom. The number of hydrogen-bond donors (Lipinski definition) is 2. The van der Waals surface area contributed by atoms with Crippen LogP contribution in [0.15, 0.2) is 42.5 Å². The molecule has 3 rings (SSSR count). The highest BCUT2D eigenvalue weighted by Crippen LogP contribution is 2.38. The van der Waals surface area contributed by atoms with E-state index in [-0.39, 0.29) is 19.1 Å². The highest BCUT2D eigenvalue weighted by Gasteiger charge is 2.22. The Kier molecular flexibility index (Phi) is 11.0. The van der Waals surface area contributed by atoms with E-state index < -0.39 is 0 Å². The summed E-state index contributed by atoms with van der Waals surface area (Å²) < 4.78 is 0. The average Bonchev–Trinajstić information content (AvgIpc) is 2.87. The van der Waals surface area contributed by atoms with Gasteiger partial charge in [0.15, 0.2) is 0 Å². The molecule has 2 heteroatoms. The first-order valence-corrected chi connectivity index (χ1v) is 13.6. The van der Waals surface area contributed by atoms with Crippen molar-refractivity contribution in [1.82, 2.24) is 0 Å². The van der Waals surface area contributed by atoms with E-state index in [0.717, 1.165) is 37.5 Å². The van der Waals surface area contributed by atoms with Crippen LogP contribution in [-0.4, -0.2) is 23.4 Å². The molecule has 0 unspecified atom stereocenters. The van der Waals surface area contributed by atoms with Crippen LogP contribution in [0.3, 0.4) is 0 Å². The molecule has 2 N–H and O–H groups in total. The van der Waals surface area contributed by atoms with E-state index in [4.69, 9.17) is 0 Å². The maximum atomic E-state index is 9.26. The van der Waals surface area contributed by atoms with Crippen LogP contribution in [0.1, 0.15) is 101 Å². The molecule has 0 aromatic heterocycles. The van der Waals surface area contributed by atoms with E-state index in [9.17, 15) is 10.2 Å². The van der Waals surface area contributed by atoms with Gasteiger partial charge in [0.1, 0.15) is 0 Å². The van der Waals surface area contributed by atoms with Crippen LogP contribution < -0.4 is 0 Å². The van der Waals surface area contributed by atoms with Gasteiger partial charge in [-0.15, -0.1) is 0 Å². The second-order valence-corrected chi connectivity index (χ2v) is 10.3. The molecule has 2 aromatic carbocycles. The molecule has 0 spiro atoms. The molecule has 1 saturated carbocycles. The summed E-state index contributed by atoms with van der Waals surface area (Å²) in [6.07, 6.45) is 15.1. The lowest BCUT2D eigenvalue weighted by Crippen LogP contribution is -2.13. The van der Waals surface area contributed by atoms with Crippen molar-refractivity contribution in [2.24, 2.45) is 11.8 Å². The Balaban J connectivity index is 1.57. The van der Waals surface area contributed by atoms with Gasteiger partial charge in [0.25, 0.3) is 0 Å². The minimum absolute atomic E-state index is 0.0181. The molecule has 2 nitrogen and oxygen atoms in total. The van der Waals surface area contributed by atoms with Crippen LogP contribution in [0, 0.1) is 11.8 Å². The molecule has 33 heavy (non-hydrogen) atoms. The molecule has 0 amide bonds. The van der Waals surface area contributed by atoms with Crippen molar-refractivity contribution in [3.63, 3.8) is 0 Å². The number of benzene rings is 2. The number of unbranched alkanes of at least 4 members (excludes halogenated alkanes) is 2. The Morgan fingerprint density at radius 3 is 2.21 bits per heavy atom. The van der Waals surface area contributed by atoms with Crippen molar-refractivity contribution >= 4 is 0 Å². The van der Waals surface area contributed by atoms with E-state index in [0.29, 0.717) is 0 Å². The Labute approximate surface area is 202 Å². The van der Waals surface area contributed by atoms with E-state index in [2.05, 4.69) is 56.3 Å². The number of aliphatic hydroxyl groups excluding tert-OH is 2. The van der Waals surface area contributed by atoms with Gasteiger partial charge in [-0.3, -0.25) is 0 Å². The summed E-state index contributed by atoms with van der Waals surface area (Å²) in [7, 11) is 0. The summed E-state index contributed by atoms with van der Waals surface area (Å²) in [6, 6.07) is 16.3. The van der Waals surface area contributed by atoms with Gasteiger partial charge in [-0.1, -0.05) is 82.0 Å². The Bertz CT molecular complexity index is 798. The molecule has 1 aliphatic rings. The lowest BCUT2D eigenvalue weighted by atomic mass is 9.77. The molecule has 0 radical (unpaired) electrons. The van der Waals surface area contributed by atoms with Crippen molar-refractivity contribution in [3.05, 3.63) is 59.2 Å². The molecule has 1 fully saturated rings. The fourth-order valence-corrected chi connectivity index (χ4v) is 5.61. The summed E-state index contributed by atoms with van der Waals surface area (Å²) in [5, 5.41) is 18.5. The van der Waals surface area contributed by atoms with Gasteiger partial charge < -0.3 is 10.2 Å². The predicted octanol–water partition coefficient (Wildman–Crippen LogP) is 7.69. The minimum atomic E-state index is 0.0181. The zero-order valence-corrected chi connectivity index (χ0v) is 21.1. The zero-order valence-electron chi connectivity index (χ0n) is 21.1. The molecule has 2 aromatic rings. The highest BCUT2D eigenvalue weighted by atomic mass is 16.3. The van der Waals surface area contributed by atoms with Gasteiger partial charge in [0.05, 0.1) is 0 Å². The van der Waals surface area contributed by atoms with Crippen LogP contribution in [0.25, 0.3) is 11.1 Å². The summed E-state index contributed by atoms with van der Waals surface area (Å²) in [5.41, 5.74) is 6.99. The van der Waals surface area contributed by atoms with Gasteiger partial charge in [-0.25, -0.2) is 0 Å². The fraction of sp³-hybridized carbons (Fsp3) is 0.613. The summed E-state index contributed by atoms with van der Waals surface area (Å²) >= 11 is 0. The lowest BCUT2D eigenvalue weighted by Gasteiger charge is -2.29. The molecule has 1 aliphatic carbocycles. The lowest BCUT2D eigenvalue weighted by molar-refractivity contribution is 0.142. The number of hydrogen-bond acceptors (Lipinski definition) is 2. The first-order chi connectivity index (χ1) is 16.2. The van der Waals surface area contributed by atoms with Crippen LogP contribution in [0.4, 0.5) is 0 Å². The summed E-state index contributed by atoms with van der Waals surface area (Å²) in [5.74, 6) is 1.73. The molecular weight excluding hydrogens is 404 g/mol. The predicted molar refractivity (Wildman–Crippen MR) is 141 cm³/mol. The third-order valence-electron chi connectivity index (χ3n) is 7.90. The first-order valence-electron chi connectivity index (χ1n) is 13.6. The molecule has 0 atom stereocenters. The van der Waals surface area contributed by atoms with Crippen molar-refractivity contribution in [1.29, 1.82) is 0 Å². The maximum absolute atomic E-state index is 9.26. The second-order valence-electron chi connectivity index (χ2n) is 10.3. The number of rotatable bonds is 13. The van der Waals surface area contributed by atoms with Crippen molar-refractivity contribution in [2.75, 3.05) is 13.2 Å². The quantitative estimate of drug-likeness (QED) is 0.307. The monoisotopic (exact) mass is 450 g/mol. The highest BCUT2D eigenvalue weighted by molar-refractivity contribution is 5.68. The fourth-order valence-electron chi connectivity index (χ4n) is 5.61. The van der Waals surface area contributed by atoms with Gasteiger partial charge in [-0.05, 0) is 91.0 Å². The molecule has 0 saturated heterocycles. The van der Waals surface area contributed by atoms with Crippen molar-refractivity contribution < 1.29 is 10.2 Å². The van der Waals surface area contributed by atoms with E-state index >= 15 is 0 Å². The topological polar surface area (TPSA) is 40.5 Å². The second kappa shape index (κ2) is 13.9. The summed E-state index contributed by atoms with van der Waals surface area (Å²) in [4.78, 5) is 0. The van der Waals surface area contributed by atoms with Gasteiger partial charge >= 0.3 is 0 Å². The zero-order chi connectivity index (χ0) is 23.5. The van der Waals surface area contributed by atoms with E-state index in [1.807, 2.05) is 0 Å². The van der Waals surface area contributed by atoms with Crippen LogP contribution in [-0.2, 0) is 12.8 Å². The average molecular weight is 451 g/mol. The van der Waals surface area contributed by atoms with Gasteiger partial charge in [0, 0.05) is 19.1 Å². The van der Waals surface area contributed by atoms with E-state index in [1.54, 1.807) is 0 Å². The number of aryl methyl sites for hydroxylation is 2. The third kappa shape index (κ3) is 7.69. The van der Waals surface area contributed by atoms with Gasteiger partial charge in [-0.2, -0.15) is 0 Å². The normalized spacial score (nSPS) is 18.7. The minimum Gasteiger partial charge on any atom is -0.396 e. The van der Waals surface area contributed by atoms with Crippen LogP contribution >= 0.6 is 0 Å². The summed E-state index contributed by atoms with van der Waals surface area (Å²) in [6.45, 7) is 4.69. The first kappa shape index (κ1) is 26.0. The third-order valence-corrected chi connectivity index (χ3v) is 7.90. The maximum Gasteiger partial charge on any atom is 0.0481 e. The van der Waals surface area contributed by atoms with Crippen LogP contribution in [0.2, 0.25) is 0 Å². The largest absolute Gasteiger partial charge is 0.396 e. The SMILES string of the molecule is CCCCC[C@H]1CC[C@H](c2ccc(-c3ccc(CCCC(CO)CO)cc3CC)cc2)CC1. The molecule has 182 valence electrons. The molecule has 0 aliphatic heterocycles. The van der Waals surface area contributed by atoms with Crippen LogP contribution in [0.5, 0.6) is 0 Å². The Hall–Kier alpha value is -1.64. The Morgan fingerprint density at radius 2 is 1.58 bits per heavy atom. The molecule has 0 bridgehead atoms. The van der Waals surface area contributed by atoms with Gasteiger partial charge in [0.2, 0.25) is 0 Å². The van der Waals surface area contributed by atoms with Crippen molar-refractivity contribution in [2.45, 2.75) is 96.8 Å².